The number of carbonyl (C=O) groups excluding carboxylic acids is 1. The molecular formula is C25H23N3O4. The lowest BCUT2D eigenvalue weighted by Gasteiger charge is -2.08. The Bertz CT molecular complexity index is 1240. The van der Waals surface area contributed by atoms with E-state index in [9.17, 15) is 4.79 Å². The van der Waals surface area contributed by atoms with Crippen molar-refractivity contribution >= 4 is 22.6 Å². The summed E-state index contributed by atoms with van der Waals surface area (Å²) in [6, 6.07) is 21.2. The van der Waals surface area contributed by atoms with E-state index < -0.39 is 0 Å². The molecule has 0 aliphatic carbocycles. The second-order valence-corrected chi connectivity index (χ2v) is 7.49. The summed E-state index contributed by atoms with van der Waals surface area (Å²) < 4.78 is 16.5. The summed E-state index contributed by atoms with van der Waals surface area (Å²) in [5, 5.41) is 6.83. The predicted octanol–water partition coefficient (Wildman–Crippen LogP) is 4.84. The molecule has 7 nitrogen and oxygen atoms in total. The smallest absolute Gasteiger partial charge is 0.319 e. The Morgan fingerprint density at radius 1 is 1.00 bits per heavy atom. The van der Waals surface area contributed by atoms with Gasteiger partial charge in [0.1, 0.15) is 12.4 Å². The summed E-state index contributed by atoms with van der Waals surface area (Å²) in [6.45, 7) is 1.24. The Morgan fingerprint density at radius 3 is 2.78 bits per heavy atom. The third kappa shape index (κ3) is 4.46. The first kappa shape index (κ1) is 19.8. The van der Waals surface area contributed by atoms with Gasteiger partial charge in [-0.3, -0.25) is 0 Å². The quantitative estimate of drug-likeness (QED) is 0.393. The highest BCUT2D eigenvalue weighted by atomic mass is 16.7. The van der Waals surface area contributed by atoms with Crippen LogP contribution in [0.15, 0.2) is 72.9 Å². The molecular weight excluding hydrogens is 406 g/mol. The van der Waals surface area contributed by atoms with Gasteiger partial charge in [0.05, 0.1) is 0 Å². The molecule has 0 spiro atoms. The van der Waals surface area contributed by atoms with E-state index in [4.69, 9.17) is 14.2 Å². The zero-order chi connectivity index (χ0) is 21.8. The molecule has 32 heavy (non-hydrogen) atoms. The number of amides is 2. The van der Waals surface area contributed by atoms with Crippen molar-refractivity contribution in [3.8, 4) is 17.2 Å². The SMILES string of the molecule is O=C(NCCc1c[nH]c2cc(OCc3ccccc3)ccc12)Nc1ccc2c(c1)OCO2. The van der Waals surface area contributed by atoms with Crippen LogP contribution in [0.3, 0.4) is 0 Å². The number of anilines is 1. The van der Waals surface area contributed by atoms with Crippen molar-refractivity contribution in [2.45, 2.75) is 13.0 Å². The van der Waals surface area contributed by atoms with Crippen LogP contribution in [0.25, 0.3) is 10.9 Å². The number of rotatable bonds is 7. The zero-order valence-electron chi connectivity index (χ0n) is 17.4. The van der Waals surface area contributed by atoms with Crippen LogP contribution < -0.4 is 24.8 Å². The molecule has 0 atom stereocenters. The molecule has 3 N–H and O–H groups in total. The number of hydrogen-bond donors (Lipinski definition) is 3. The zero-order valence-corrected chi connectivity index (χ0v) is 17.4. The lowest BCUT2D eigenvalue weighted by Crippen LogP contribution is -2.30. The van der Waals surface area contributed by atoms with Crippen molar-refractivity contribution in [3.05, 3.63) is 84.1 Å². The van der Waals surface area contributed by atoms with Crippen molar-refractivity contribution in [3.63, 3.8) is 0 Å². The van der Waals surface area contributed by atoms with Gasteiger partial charge in [0.15, 0.2) is 11.5 Å². The number of hydrogen-bond acceptors (Lipinski definition) is 4. The summed E-state index contributed by atoms with van der Waals surface area (Å²) in [4.78, 5) is 15.5. The molecule has 2 heterocycles. The van der Waals surface area contributed by atoms with Gasteiger partial charge < -0.3 is 29.8 Å². The maximum Gasteiger partial charge on any atom is 0.319 e. The molecule has 2 amide bonds. The molecule has 0 fully saturated rings. The van der Waals surface area contributed by atoms with Crippen LogP contribution in [0, 0.1) is 0 Å². The van der Waals surface area contributed by atoms with Gasteiger partial charge in [-0.05, 0) is 41.8 Å². The van der Waals surface area contributed by atoms with Gasteiger partial charge in [-0.1, -0.05) is 30.3 Å². The van der Waals surface area contributed by atoms with Crippen LogP contribution in [0.1, 0.15) is 11.1 Å². The monoisotopic (exact) mass is 429 g/mol. The third-order valence-corrected chi connectivity index (χ3v) is 5.30. The minimum atomic E-state index is -0.264. The molecule has 0 unspecified atom stereocenters. The number of nitrogens with one attached hydrogen (secondary N) is 3. The van der Waals surface area contributed by atoms with E-state index in [-0.39, 0.29) is 12.8 Å². The van der Waals surface area contributed by atoms with Gasteiger partial charge in [0.2, 0.25) is 6.79 Å². The molecule has 0 bridgehead atoms. The van der Waals surface area contributed by atoms with Crippen LogP contribution in [-0.2, 0) is 13.0 Å². The largest absolute Gasteiger partial charge is 0.489 e. The topological polar surface area (TPSA) is 84.6 Å². The highest BCUT2D eigenvalue weighted by Crippen LogP contribution is 2.34. The molecule has 1 aliphatic rings. The van der Waals surface area contributed by atoms with Gasteiger partial charge >= 0.3 is 6.03 Å². The van der Waals surface area contributed by atoms with Crippen molar-refractivity contribution in [1.29, 1.82) is 0 Å². The first-order valence-corrected chi connectivity index (χ1v) is 10.5. The Morgan fingerprint density at radius 2 is 1.88 bits per heavy atom. The predicted molar refractivity (Wildman–Crippen MR) is 122 cm³/mol. The van der Waals surface area contributed by atoms with E-state index in [1.807, 2.05) is 54.7 Å². The van der Waals surface area contributed by atoms with E-state index in [0.29, 0.717) is 36.8 Å². The maximum absolute atomic E-state index is 12.2. The second-order valence-electron chi connectivity index (χ2n) is 7.49. The number of ether oxygens (including phenoxy) is 3. The molecule has 5 rings (SSSR count). The Kier molecular flexibility index (Phi) is 5.53. The van der Waals surface area contributed by atoms with Gasteiger partial charge in [-0.2, -0.15) is 0 Å². The molecule has 4 aromatic rings. The number of H-pyrrole nitrogens is 1. The van der Waals surface area contributed by atoms with E-state index in [1.165, 1.54) is 0 Å². The Balaban J connectivity index is 1.14. The fourth-order valence-corrected chi connectivity index (χ4v) is 3.66. The second kappa shape index (κ2) is 8.93. The number of fused-ring (bicyclic) bond motifs is 2. The van der Waals surface area contributed by atoms with Crippen LogP contribution >= 0.6 is 0 Å². The van der Waals surface area contributed by atoms with Crippen LogP contribution in [0.5, 0.6) is 17.2 Å². The van der Waals surface area contributed by atoms with Gasteiger partial charge in [-0.25, -0.2) is 4.79 Å². The fraction of sp³-hybridized carbons (Fsp3) is 0.160. The molecule has 3 aromatic carbocycles. The number of aromatic nitrogens is 1. The minimum Gasteiger partial charge on any atom is -0.489 e. The van der Waals surface area contributed by atoms with Crippen molar-refractivity contribution in [1.82, 2.24) is 10.3 Å². The molecule has 7 heteroatoms. The molecule has 0 saturated heterocycles. The summed E-state index contributed by atoms with van der Waals surface area (Å²) in [5.41, 5.74) is 3.93. The first-order valence-electron chi connectivity index (χ1n) is 10.5. The van der Waals surface area contributed by atoms with Crippen molar-refractivity contribution < 1.29 is 19.0 Å². The summed E-state index contributed by atoms with van der Waals surface area (Å²) >= 11 is 0. The van der Waals surface area contributed by atoms with Crippen LogP contribution in [-0.4, -0.2) is 24.4 Å². The third-order valence-electron chi connectivity index (χ3n) is 5.30. The Hall–Kier alpha value is -4.13. The van der Waals surface area contributed by atoms with Crippen LogP contribution in [0.4, 0.5) is 10.5 Å². The molecule has 0 saturated carbocycles. The fourth-order valence-electron chi connectivity index (χ4n) is 3.66. The number of urea groups is 1. The minimum absolute atomic E-state index is 0.205. The van der Waals surface area contributed by atoms with Crippen molar-refractivity contribution in [2.75, 3.05) is 18.7 Å². The summed E-state index contributed by atoms with van der Waals surface area (Å²) in [7, 11) is 0. The van der Waals surface area contributed by atoms with Gasteiger partial charge in [-0.15, -0.1) is 0 Å². The standard InChI is InChI=1S/C25H23N3O4/c29-25(28-19-6-9-23-24(12-19)32-16-31-23)26-11-10-18-14-27-22-13-20(7-8-21(18)22)30-15-17-4-2-1-3-5-17/h1-9,12-14,27H,10-11,15-16H2,(H2,26,28,29). The highest BCUT2D eigenvalue weighted by Gasteiger charge is 2.14. The average molecular weight is 429 g/mol. The average Bonchev–Trinajstić information content (AvgIpc) is 3.45. The first-order chi connectivity index (χ1) is 15.7. The van der Waals surface area contributed by atoms with Crippen molar-refractivity contribution in [2.24, 2.45) is 0 Å². The molecule has 162 valence electrons. The highest BCUT2D eigenvalue weighted by molar-refractivity contribution is 5.90. The molecule has 0 radical (unpaired) electrons. The maximum atomic E-state index is 12.2. The van der Waals surface area contributed by atoms with E-state index in [0.717, 1.165) is 27.8 Å². The molecule has 1 aliphatic heterocycles. The summed E-state index contributed by atoms with van der Waals surface area (Å²) in [6.07, 6.45) is 2.68. The number of benzene rings is 3. The van der Waals surface area contributed by atoms with E-state index >= 15 is 0 Å². The molecule has 1 aromatic heterocycles. The number of carbonyl (C=O) groups is 1. The summed E-state index contributed by atoms with van der Waals surface area (Å²) in [5.74, 6) is 2.13. The van der Waals surface area contributed by atoms with E-state index in [1.54, 1.807) is 18.2 Å². The van der Waals surface area contributed by atoms with Gasteiger partial charge in [0.25, 0.3) is 0 Å². The number of aromatic amines is 1. The Labute approximate surface area is 185 Å². The van der Waals surface area contributed by atoms with Gasteiger partial charge in [0, 0.05) is 41.5 Å². The normalized spacial score (nSPS) is 12.0. The lowest BCUT2D eigenvalue weighted by atomic mass is 10.1. The lowest BCUT2D eigenvalue weighted by molar-refractivity contribution is 0.174. The van der Waals surface area contributed by atoms with Crippen LogP contribution in [0.2, 0.25) is 0 Å². The van der Waals surface area contributed by atoms with E-state index in [2.05, 4.69) is 15.6 Å².